The zero-order chi connectivity index (χ0) is 20.9. The molecule has 154 valence electrons. The lowest BCUT2D eigenvalue weighted by Crippen LogP contribution is -2.36. The lowest BCUT2D eigenvalue weighted by molar-refractivity contribution is 0.122. The van der Waals surface area contributed by atoms with E-state index in [2.05, 4.69) is 25.1 Å². The Kier molecular flexibility index (Phi) is 5.94. The van der Waals surface area contributed by atoms with Crippen LogP contribution in [0.25, 0.3) is 28.4 Å². The summed E-state index contributed by atoms with van der Waals surface area (Å²) >= 11 is 0. The maximum Gasteiger partial charge on any atom is 0.268 e. The summed E-state index contributed by atoms with van der Waals surface area (Å²) < 4.78 is 11.3. The molecule has 8 nitrogen and oxygen atoms in total. The highest BCUT2D eigenvalue weighted by Crippen LogP contribution is 2.26. The summed E-state index contributed by atoms with van der Waals surface area (Å²) in [5.74, 6) is 1.74. The summed E-state index contributed by atoms with van der Waals surface area (Å²) in [6.45, 7) is 8.90. The molecule has 1 aliphatic rings. The zero-order valence-corrected chi connectivity index (χ0v) is 17.4. The quantitative estimate of drug-likeness (QED) is 0.595. The normalized spacial score (nSPS) is 15.2. The van der Waals surface area contributed by atoms with Gasteiger partial charge in [0.25, 0.3) is 5.89 Å². The third-order valence-corrected chi connectivity index (χ3v) is 4.87. The number of hydrogen-bond acceptors (Lipinski definition) is 8. The van der Waals surface area contributed by atoms with E-state index in [4.69, 9.17) is 14.1 Å². The number of nitrogens with zero attached hydrogens (tertiary/aromatic N) is 6. The molecule has 0 N–H and O–H groups in total. The van der Waals surface area contributed by atoms with Crippen molar-refractivity contribution in [3.8, 4) is 22.8 Å². The summed E-state index contributed by atoms with van der Waals surface area (Å²) in [5, 5.41) is 8.34. The number of morpholine rings is 1. The summed E-state index contributed by atoms with van der Waals surface area (Å²) in [4.78, 5) is 16.0. The Morgan fingerprint density at radius 1 is 1.07 bits per heavy atom. The van der Waals surface area contributed by atoms with Gasteiger partial charge in [0, 0.05) is 30.4 Å². The smallest absolute Gasteiger partial charge is 0.268 e. The van der Waals surface area contributed by atoms with Gasteiger partial charge < -0.3 is 14.1 Å². The van der Waals surface area contributed by atoms with E-state index < -0.39 is 0 Å². The van der Waals surface area contributed by atoms with Crippen LogP contribution in [0.1, 0.15) is 25.4 Å². The number of allylic oxidation sites excluding steroid dienone is 4. The molecule has 0 radical (unpaired) electrons. The lowest BCUT2D eigenvalue weighted by Gasteiger charge is -2.27. The molecular weight excluding hydrogens is 380 g/mol. The molecule has 0 aliphatic carbocycles. The lowest BCUT2D eigenvalue weighted by atomic mass is 10.2. The van der Waals surface area contributed by atoms with Crippen LogP contribution < -0.4 is 4.90 Å². The molecule has 1 saturated heterocycles. The number of anilines is 1. The highest BCUT2D eigenvalue weighted by atomic mass is 16.5. The highest BCUT2D eigenvalue weighted by molar-refractivity contribution is 5.69. The van der Waals surface area contributed by atoms with Crippen LogP contribution >= 0.6 is 0 Å². The number of pyridine rings is 1. The predicted octanol–water partition coefficient (Wildman–Crippen LogP) is 3.71. The third-order valence-electron chi connectivity index (χ3n) is 4.87. The molecule has 4 heterocycles. The number of ether oxygens (including phenoxy) is 1. The molecule has 0 saturated carbocycles. The second kappa shape index (κ2) is 8.96. The molecule has 0 aromatic carbocycles. The number of hydrogen-bond donors (Lipinski definition) is 0. The first-order valence-electron chi connectivity index (χ1n) is 9.95. The molecule has 3 aromatic rings. The summed E-state index contributed by atoms with van der Waals surface area (Å²) in [7, 11) is 0. The summed E-state index contributed by atoms with van der Waals surface area (Å²) in [6.07, 6.45) is 9.33. The average molecular weight is 404 g/mol. The van der Waals surface area contributed by atoms with Crippen LogP contribution in [-0.2, 0) is 4.74 Å². The van der Waals surface area contributed by atoms with E-state index in [1.54, 1.807) is 6.20 Å². The van der Waals surface area contributed by atoms with Crippen molar-refractivity contribution in [3.05, 3.63) is 54.3 Å². The fraction of sp³-hybridized carbons (Fsp3) is 0.318. The molecule has 30 heavy (non-hydrogen) atoms. The molecule has 0 spiro atoms. The first-order valence-corrected chi connectivity index (χ1v) is 9.95. The molecule has 0 bridgehead atoms. The van der Waals surface area contributed by atoms with Crippen molar-refractivity contribution in [1.82, 2.24) is 25.1 Å². The SMILES string of the molecule is C/C=C\C(=C/C)c1nnc(-c2nc(-c3ccc(N4CCOCC4)nc3)cnc2C)o1. The minimum absolute atomic E-state index is 0.346. The molecule has 1 aliphatic heterocycles. The Labute approximate surface area is 175 Å². The van der Waals surface area contributed by atoms with Gasteiger partial charge in [-0.2, -0.15) is 0 Å². The second-order valence-electron chi connectivity index (χ2n) is 6.85. The summed E-state index contributed by atoms with van der Waals surface area (Å²) in [5.41, 5.74) is 3.74. The van der Waals surface area contributed by atoms with Gasteiger partial charge in [-0.3, -0.25) is 4.98 Å². The van der Waals surface area contributed by atoms with Crippen molar-refractivity contribution in [3.63, 3.8) is 0 Å². The minimum atomic E-state index is 0.346. The maximum atomic E-state index is 5.87. The first kappa shape index (κ1) is 19.9. The van der Waals surface area contributed by atoms with E-state index in [1.165, 1.54) is 0 Å². The van der Waals surface area contributed by atoms with Crippen molar-refractivity contribution in [2.75, 3.05) is 31.2 Å². The van der Waals surface area contributed by atoms with Gasteiger partial charge in [0.1, 0.15) is 11.5 Å². The minimum Gasteiger partial charge on any atom is -0.415 e. The Morgan fingerprint density at radius 2 is 1.90 bits per heavy atom. The zero-order valence-electron chi connectivity index (χ0n) is 17.4. The fourth-order valence-electron chi connectivity index (χ4n) is 3.21. The molecule has 0 atom stereocenters. The summed E-state index contributed by atoms with van der Waals surface area (Å²) in [6, 6.07) is 4.01. The fourth-order valence-corrected chi connectivity index (χ4v) is 3.21. The van der Waals surface area contributed by atoms with Gasteiger partial charge in [0.05, 0.1) is 30.8 Å². The molecule has 0 unspecified atom stereocenters. The van der Waals surface area contributed by atoms with Gasteiger partial charge in [-0.25, -0.2) is 9.97 Å². The Hall–Kier alpha value is -3.39. The van der Waals surface area contributed by atoms with Crippen LogP contribution in [0.3, 0.4) is 0 Å². The Balaban J connectivity index is 1.61. The molecule has 8 heteroatoms. The number of aryl methyl sites for hydroxylation is 1. The van der Waals surface area contributed by atoms with Crippen LogP contribution in [0.5, 0.6) is 0 Å². The van der Waals surface area contributed by atoms with Crippen LogP contribution in [0.15, 0.2) is 47.2 Å². The second-order valence-corrected chi connectivity index (χ2v) is 6.85. The number of rotatable bonds is 5. The van der Waals surface area contributed by atoms with E-state index >= 15 is 0 Å². The van der Waals surface area contributed by atoms with E-state index in [-0.39, 0.29) is 0 Å². The predicted molar refractivity (Wildman–Crippen MR) is 115 cm³/mol. The molecule has 0 amide bonds. The van der Waals surface area contributed by atoms with E-state index in [0.29, 0.717) is 23.2 Å². The molecule has 3 aromatic heterocycles. The first-order chi connectivity index (χ1) is 14.7. The van der Waals surface area contributed by atoms with E-state index in [9.17, 15) is 0 Å². The van der Waals surface area contributed by atoms with Gasteiger partial charge >= 0.3 is 0 Å². The monoisotopic (exact) mass is 404 g/mol. The standard InChI is InChI=1S/C22H24N6O2/c1-4-6-16(5-2)21-26-27-22(30-21)20-15(3)23-14-18(25-20)17-7-8-19(24-13-17)28-9-11-29-12-10-28/h4-8,13-14H,9-12H2,1-3H3/b6-4-,16-5+. The molecular formula is C22H24N6O2. The van der Waals surface area contributed by atoms with Gasteiger partial charge in [-0.1, -0.05) is 18.2 Å². The van der Waals surface area contributed by atoms with Crippen LogP contribution in [0.2, 0.25) is 0 Å². The van der Waals surface area contributed by atoms with Gasteiger partial charge in [-0.15, -0.1) is 10.2 Å². The van der Waals surface area contributed by atoms with Crippen molar-refractivity contribution < 1.29 is 9.15 Å². The van der Waals surface area contributed by atoms with E-state index in [0.717, 1.165) is 49.0 Å². The Bertz CT molecular complexity index is 1070. The van der Waals surface area contributed by atoms with Crippen molar-refractivity contribution in [1.29, 1.82) is 0 Å². The van der Waals surface area contributed by atoms with Gasteiger partial charge in [0.2, 0.25) is 5.89 Å². The topological polar surface area (TPSA) is 90.1 Å². The number of aromatic nitrogens is 5. The Morgan fingerprint density at radius 3 is 2.60 bits per heavy atom. The highest BCUT2D eigenvalue weighted by Gasteiger charge is 2.17. The molecule has 4 rings (SSSR count). The van der Waals surface area contributed by atoms with Gasteiger partial charge in [-0.05, 0) is 32.9 Å². The third kappa shape index (κ3) is 4.13. The van der Waals surface area contributed by atoms with Crippen LogP contribution in [0.4, 0.5) is 5.82 Å². The van der Waals surface area contributed by atoms with Crippen molar-refractivity contribution in [2.45, 2.75) is 20.8 Å². The van der Waals surface area contributed by atoms with Crippen molar-refractivity contribution >= 4 is 11.4 Å². The van der Waals surface area contributed by atoms with E-state index in [1.807, 2.05) is 57.3 Å². The van der Waals surface area contributed by atoms with Crippen LogP contribution in [0, 0.1) is 6.92 Å². The average Bonchev–Trinajstić information content (AvgIpc) is 3.28. The van der Waals surface area contributed by atoms with Crippen LogP contribution in [-0.4, -0.2) is 51.5 Å². The largest absolute Gasteiger partial charge is 0.415 e. The van der Waals surface area contributed by atoms with Gasteiger partial charge in [0.15, 0.2) is 0 Å². The maximum absolute atomic E-state index is 5.87. The molecule has 1 fully saturated rings. The van der Waals surface area contributed by atoms with Crippen molar-refractivity contribution in [2.24, 2.45) is 0 Å².